The monoisotopic (exact) mass is 364 g/mol. The Kier molecular flexibility index (Phi) is 5.02. The SMILES string of the molecule is CC(=O)Nc1ccc(CCC(O)(c2ccccc2)C2CN3CCC2C3)cc1. The third-order valence-electron chi connectivity index (χ3n) is 6.29. The Hall–Kier alpha value is -2.17. The van der Waals surface area contributed by atoms with Gasteiger partial charge in [0.05, 0.1) is 5.60 Å². The summed E-state index contributed by atoms with van der Waals surface area (Å²) in [5.41, 5.74) is 2.24. The predicted molar refractivity (Wildman–Crippen MR) is 107 cm³/mol. The molecule has 2 aromatic carbocycles. The lowest BCUT2D eigenvalue weighted by molar-refractivity contribution is -0.114. The van der Waals surface area contributed by atoms with Crippen LogP contribution in [0.5, 0.6) is 0 Å². The number of fused-ring (bicyclic) bond motifs is 2. The normalized spacial score (nSPS) is 25.9. The van der Waals surface area contributed by atoms with Crippen LogP contribution in [-0.4, -0.2) is 35.5 Å². The molecule has 4 heteroatoms. The number of anilines is 1. The first-order chi connectivity index (χ1) is 13.0. The topological polar surface area (TPSA) is 52.6 Å². The van der Waals surface area contributed by atoms with E-state index in [1.165, 1.54) is 25.5 Å². The first kappa shape index (κ1) is 18.2. The molecule has 4 atom stereocenters. The van der Waals surface area contributed by atoms with Crippen LogP contribution in [0.3, 0.4) is 0 Å². The number of nitrogens with zero attached hydrogens (tertiary/aromatic N) is 1. The van der Waals surface area contributed by atoms with Crippen LogP contribution in [0.1, 0.15) is 30.9 Å². The van der Waals surface area contributed by atoms with Gasteiger partial charge in [-0.15, -0.1) is 0 Å². The standard InChI is InChI=1S/C23H28N2O2/c1-17(26)24-21-9-7-18(8-10-21)11-13-23(27,20-5-3-2-4-6-20)22-16-25-14-12-19(22)15-25/h2-10,19,22,27H,11-16H2,1H3,(H,24,26). The van der Waals surface area contributed by atoms with Crippen molar-refractivity contribution in [2.24, 2.45) is 11.8 Å². The van der Waals surface area contributed by atoms with Gasteiger partial charge in [-0.1, -0.05) is 42.5 Å². The molecule has 27 heavy (non-hydrogen) atoms. The van der Waals surface area contributed by atoms with E-state index in [4.69, 9.17) is 0 Å². The average molecular weight is 364 g/mol. The molecule has 0 aliphatic carbocycles. The fourth-order valence-electron chi connectivity index (χ4n) is 4.89. The quantitative estimate of drug-likeness (QED) is 0.826. The van der Waals surface area contributed by atoms with E-state index in [1.54, 1.807) is 0 Å². The van der Waals surface area contributed by atoms with Crippen LogP contribution in [0.15, 0.2) is 54.6 Å². The zero-order valence-corrected chi connectivity index (χ0v) is 15.9. The largest absolute Gasteiger partial charge is 0.385 e. The van der Waals surface area contributed by atoms with Gasteiger partial charge in [0.15, 0.2) is 0 Å². The van der Waals surface area contributed by atoms with Crippen LogP contribution in [0.2, 0.25) is 0 Å². The number of carbonyl (C=O) groups is 1. The van der Waals surface area contributed by atoms with E-state index in [2.05, 4.69) is 22.3 Å². The molecule has 0 spiro atoms. The van der Waals surface area contributed by atoms with Crippen molar-refractivity contribution < 1.29 is 9.90 Å². The van der Waals surface area contributed by atoms with Crippen LogP contribution < -0.4 is 5.32 Å². The minimum Gasteiger partial charge on any atom is -0.385 e. The van der Waals surface area contributed by atoms with Gasteiger partial charge in [-0.2, -0.15) is 0 Å². The van der Waals surface area contributed by atoms with Crippen molar-refractivity contribution in [3.05, 3.63) is 65.7 Å². The smallest absolute Gasteiger partial charge is 0.221 e. The molecule has 2 aliphatic heterocycles. The molecule has 2 heterocycles. The molecule has 4 rings (SSSR count). The second-order valence-corrected chi connectivity index (χ2v) is 8.08. The summed E-state index contributed by atoms with van der Waals surface area (Å²) in [6, 6.07) is 18.1. The van der Waals surface area contributed by atoms with Crippen LogP contribution in [0.25, 0.3) is 0 Å². The summed E-state index contributed by atoms with van der Waals surface area (Å²) < 4.78 is 0. The number of rotatable bonds is 6. The van der Waals surface area contributed by atoms with E-state index in [9.17, 15) is 9.90 Å². The summed E-state index contributed by atoms with van der Waals surface area (Å²) >= 11 is 0. The Morgan fingerprint density at radius 1 is 1.15 bits per heavy atom. The highest BCUT2D eigenvalue weighted by Gasteiger charge is 2.49. The van der Waals surface area contributed by atoms with Gasteiger partial charge >= 0.3 is 0 Å². The zero-order chi connectivity index (χ0) is 18.9. The Balaban J connectivity index is 1.52. The number of aryl methyl sites for hydroxylation is 1. The van der Waals surface area contributed by atoms with Gasteiger partial charge < -0.3 is 15.3 Å². The summed E-state index contributed by atoms with van der Waals surface area (Å²) in [6.07, 6.45) is 2.73. The molecule has 2 saturated heterocycles. The van der Waals surface area contributed by atoms with Crippen molar-refractivity contribution >= 4 is 11.6 Å². The number of aliphatic hydroxyl groups is 1. The molecule has 142 valence electrons. The van der Waals surface area contributed by atoms with Crippen molar-refractivity contribution in [1.29, 1.82) is 0 Å². The van der Waals surface area contributed by atoms with E-state index >= 15 is 0 Å². The average Bonchev–Trinajstić information content (AvgIpc) is 3.31. The molecule has 0 radical (unpaired) electrons. The molecule has 2 N–H and O–H groups in total. The van der Waals surface area contributed by atoms with E-state index in [0.717, 1.165) is 30.8 Å². The molecule has 1 amide bonds. The Bertz CT molecular complexity index is 790. The third-order valence-corrected chi connectivity index (χ3v) is 6.29. The van der Waals surface area contributed by atoms with Crippen LogP contribution >= 0.6 is 0 Å². The second-order valence-electron chi connectivity index (χ2n) is 8.08. The fraction of sp³-hybridized carbons (Fsp3) is 0.435. The molecule has 0 saturated carbocycles. The van der Waals surface area contributed by atoms with E-state index in [-0.39, 0.29) is 5.91 Å². The lowest BCUT2D eigenvalue weighted by atomic mass is 9.71. The molecular weight excluding hydrogens is 336 g/mol. The van der Waals surface area contributed by atoms with E-state index in [1.807, 2.05) is 42.5 Å². The first-order valence-electron chi connectivity index (χ1n) is 9.91. The Morgan fingerprint density at radius 3 is 2.48 bits per heavy atom. The zero-order valence-electron chi connectivity index (χ0n) is 15.9. The minimum atomic E-state index is -0.794. The number of amides is 1. The van der Waals surface area contributed by atoms with Gasteiger partial charge in [-0.3, -0.25) is 4.79 Å². The number of hydrogen-bond donors (Lipinski definition) is 2. The maximum absolute atomic E-state index is 11.9. The van der Waals surface area contributed by atoms with Crippen LogP contribution in [-0.2, 0) is 16.8 Å². The molecule has 4 unspecified atom stereocenters. The van der Waals surface area contributed by atoms with E-state index < -0.39 is 5.60 Å². The Morgan fingerprint density at radius 2 is 1.89 bits per heavy atom. The van der Waals surface area contributed by atoms with Gasteiger partial charge in [0.1, 0.15) is 0 Å². The predicted octanol–water partition coefficient (Wildman–Crippen LogP) is 3.42. The summed E-state index contributed by atoms with van der Waals surface area (Å²) in [5, 5.41) is 14.7. The number of hydrogen-bond acceptors (Lipinski definition) is 3. The number of nitrogens with one attached hydrogen (secondary N) is 1. The fourth-order valence-corrected chi connectivity index (χ4v) is 4.89. The van der Waals surface area contributed by atoms with Crippen molar-refractivity contribution in [3.63, 3.8) is 0 Å². The maximum Gasteiger partial charge on any atom is 0.221 e. The van der Waals surface area contributed by atoms with Crippen molar-refractivity contribution in [2.75, 3.05) is 25.0 Å². The van der Waals surface area contributed by atoms with Gasteiger partial charge in [-0.25, -0.2) is 0 Å². The van der Waals surface area contributed by atoms with E-state index in [0.29, 0.717) is 18.3 Å². The molecule has 2 bridgehead atoms. The number of benzene rings is 2. The van der Waals surface area contributed by atoms with Gasteiger partial charge in [0.25, 0.3) is 0 Å². The molecule has 2 aliphatic rings. The van der Waals surface area contributed by atoms with Gasteiger partial charge in [0, 0.05) is 31.6 Å². The lowest BCUT2D eigenvalue weighted by Gasteiger charge is -2.39. The highest BCUT2D eigenvalue weighted by molar-refractivity contribution is 5.88. The molecule has 0 aromatic heterocycles. The molecule has 2 fully saturated rings. The van der Waals surface area contributed by atoms with Gasteiger partial charge in [0.2, 0.25) is 5.91 Å². The number of carbonyl (C=O) groups excluding carboxylic acids is 1. The highest BCUT2D eigenvalue weighted by Crippen LogP contribution is 2.46. The van der Waals surface area contributed by atoms with Crippen LogP contribution in [0.4, 0.5) is 5.69 Å². The lowest BCUT2D eigenvalue weighted by Crippen LogP contribution is -2.42. The van der Waals surface area contributed by atoms with Crippen molar-refractivity contribution in [1.82, 2.24) is 4.90 Å². The first-order valence-corrected chi connectivity index (χ1v) is 9.91. The highest BCUT2D eigenvalue weighted by atomic mass is 16.3. The summed E-state index contributed by atoms with van der Waals surface area (Å²) in [6.45, 7) is 4.82. The molecule has 4 nitrogen and oxygen atoms in total. The molecular formula is C23H28N2O2. The maximum atomic E-state index is 11.9. The summed E-state index contributed by atoms with van der Waals surface area (Å²) in [4.78, 5) is 13.7. The van der Waals surface area contributed by atoms with Crippen molar-refractivity contribution in [3.8, 4) is 0 Å². The summed E-state index contributed by atoms with van der Waals surface area (Å²) in [5.74, 6) is 0.831. The minimum absolute atomic E-state index is 0.0625. The molecule has 2 aromatic rings. The Labute approximate surface area is 161 Å². The number of piperidine rings is 1. The summed E-state index contributed by atoms with van der Waals surface area (Å²) in [7, 11) is 0. The van der Waals surface area contributed by atoms with Crippen molar-refractivity contribution in [2.45, 2.75) is 31.8 Å². The second kappa shape index (κ2) is 7.45. The van der Waals surface area contributed by atoms with Gasteiger partial charge in [-0.05, 0) is 55.0 Å². The van der Waals surface area contributed by atoms with Crippen LogP contribution in [0, 0.1) is 11.8 Å². The third kappa shape index (κ3) is 3.78.